The van der Waals surface area contributed by atoms with E-state index in [1.165, 1.54) is 64.2 Å². The second kappa shape index (κ2) is 10.4. The molecule has 0 radical (unpaired) electrons. The molecular weight excluding hydrogens is 276 g/mol. The minimum Gasteiger partial charge on any atom is -0.527 e. The highest BCUT2D eigenvalue weighted by atomic mass is 28.4. The number of hydrogen-bond acceptors (Lipinski definition) is 2. The molecule has 0 N–H and O–H groups in total. The van der Waals surface area contributed by atoms with Gasteiger partial charge in [-0.25, -0.2) is 0 Å². The van der Waals surface area contributed by atoms with Crippen LogP contribution >= 0.6 is 0 Å². The SMILES string of the molecule is C=CO[Si](CC(CC)CCCC)(OC)C1CCCCCC1. The summed E-state index contributed by atoms with van der Waals surface area (Å²) in [6.45, 7) is 8.43. The van der Waals surface area contributed by atoms with Gasteiger partial charge in [0, 0.05) is 18.7 Å². The van der Waals surface area contributed by atoms with Crippen molar-refractivity contribution < 1.29 is 8.85 Å². The van der Waals surface area contributed by atoms with Crippen molar-refractivity contribution in [2.24, 2.45) is 5.92 Å². The van der Waals surface area contributed by atoms with Crippen molar-refractivity contribution in [2.75, 3.05) is 7.11 Å². The molecule has 0 amide bonds. The Morgan fingerprint density at radius 1 is 1.19 bits per heavy atom. The van der Waals surface area contributed by atoms with Crippen LogP contribution in [0.5, 0.6) is 0 Å². The Kier molecular flexibility index (Phi) is 9.33. The van der Waals surface area contributed by atoms with E-state index >= 15 is 0 Å². The highest BCUT2D eigenvalue weighted by molar-refractivity contribution is 6.69. The normalized spacial score (nSPS) is 21.3. The summed E-state index contributed by atoms with van der Waals surface area (Å²) in [5, 5.41) is 0. The van der Waals surface area contributed by atoms with Crippen LogP contribution in [0.1, 0.15) is 78.1 Å². The molecule has 3 heteroatoms. The van der Waals surface area contributed by atoms with Crippen LogP contribution in [0.3, 0.4) is 0 Å². The third kappa shape index (κ3) is 5.78. The Morgan fingerprint density at radius 2 is 1.86 bits per heavy atom. The predicted octanol–water partition coefficient (Wildman–Crippen LogP) is 6.18. The molecule has 2 atom stereocenters. The molecule has 1 rings (SSSR count). The standard InChI is InChI=1S/C18H36O2Si/c1-5-8-13-17(6-2)16-21(19-4,20-7-3)18-14-11-9-10-12-15-18/h7,17-18H,3,5-6,8-16H2,1-2,4H3. The first-order valence-electron chi connectivity index (χ1n) is 9.06. The van der Waals surface area contributed by atoms with Crippen LogP contribution in [0.25, 0.3) is 0 Å². The van der Waals surface area contributed by atoms with Crippen LogP contribution in [-0.2, 0) is 8.85 Å². The van der Waals surface area contributed by atoms with Gasteiger partial charge in [-0.15, -0.1) is 0 Å². The Balaban J connectivity index is 2.81. The van der Waals surface area contributed by atoms with Gasteiger partial charge in [0.25, 0.3) is 0 Å². The lowest BCUT2D eigenvalue weighted by Crippen LogP contribution is -2.46. The molecule has 0 bridgehead atoms. The Morgan fingerprint density at radius 3 is 2.33 bits per heavy atom. The zero-order chi connectivity index (χ0) is 15.6. The van der Waals surface area contributed by atoms with Crippen molar-refractivity contribution in [2.45, 2.75) is 89.6 Å². The predicted molar refractivity (Wildman–Crippen MR) is 93.6 cm³/mol. The Labute approximate surface area is 133 Å². The zero-order valence-corrected chi connectivity index (χ0v) is 15.5. The minimum absolute atomic E-state index is 0.652. The first-order valence-corrected chi connectivity index (χ1v) is 11.2. The molecule has 1 saturated carbocycles. The molecule has 0 aromatic rings. The van der Waals surface area contributed by atoms with Crippen molar-refractivity contribution >= 4 is 8.56 Å². The smallest absolute Gasteiger partial charge is 0.401 e. The van der Waals surface area contributed by atoms with Crippen molar-refractivity contribution in [1.29, 1.82) is 0 Å². The zero-order valence-electron chi connectivity index (χ0n) is 14.5. The average molecular weight is 313 g/mol. The maximum Gasteiger partial charge on any atom is 0.401 e. The van der Waals surface area contributed by atoms with Crippen LogP contribution in [0.15, 0.2) is 12.8 Å². The highest BCUT2D eigenvalue weighted by Crippen LogP contribution is 2.42. The summed E-state index contributed by atoms with van der Waals surface area (Å²) in [5.41, 5.74) is 0.652. The van der Waals surface area contributed by atoms with Gasteiger partial charge < -0.3 is 8.85 Å². The second-order valence-corrected chi connectivity index (χ2v) is 10.1. The third-order valence-corrected chi connectivity index (χ3v) is 9.45. The molecule has 2 nitrogen and oxygen atoms in total. The van der Waals surface area contributed by atoms with Gasteiger partial charge in [0.05, 0.1) is 6.26 Å². The molecule has 0 aromatic heterocycles. The van der Waals surface area contributed by atoms with E-state index in [9.17, 15) is 0 Å². The molecular formula is C18H36O2Si. The molecule has 124 valence electrons. The van der Waals surface area contributed by atoms with Crippen LogP contribution in [-0.4, -0.2) is 15.7 Å². The lowest BCUT2D eigenvalue weighted by Gasteiger charge is -2.37. The molecule has 2 unspecified atom stereocenters. The van der Waals surface area contributed by atoms with E-state index in [2.05, 4.69) is 20.4 Å². The fourth-order valence-corrected chi connectivity index (χ4v) is 7.90. The van der Waals surface area contributed by atoms with Gasteiger partial charge in [0.1, 0.15) is 0 Å². The lowest BCUT2D eigenvalue weighted by molar-refractivity contribution is 0.237. The van der Waals surface area contributed by atoms with Crippen LogP contribution in [0.4, 0.5) is 0 Å². The molecule has 0 aromatic carbocycles. The van der Waals surface area contributed by atoms with Gasteiger partial charge in [0.2, 0.25) is 0 Å². The molecule has 0 spiro atoms. The Hall–Kier alpha value is -0.283. The third-order valence-electron chi connectivity index (χ3n) is 5.22. The van der Waals surface area contributed by atoms with Gasteiger partial charge in [-0.2, -0.15) is 0 Å². The van der Waals surface area contributed by atoms with Gasteiger partial charge in [-0.1, -0.05) is 71.8 Å². The maximum absolute atomic E-state index is 6.17. The van der Waals surface area contributed by atoms with E-state index in [1.807, 2.05) is 7.11 Å². The minimum atomic E-state index is -2.15. The van der Waals surface area contributed by atoms with Crippen LogP contribution in [0.2, 0.25) is 11.6 Å². The van der Waals surface area contributed by atoms with Gasteiger partial charge in [0.15, 0.2) is 0 Å². The summed E-state index contributed by atoms with van der Waals surface area (Å²) >= 11 is 0. The summed E-state index contributed by atoms with van der Waals surface area (Å²) in [6, 6.07) is 1.15. The molecule has 0 heterocycles. The molecule has 0 aliphatic heterocycles. The molecule has 0 saturated heterocycles. The number of unbranched alkanes of at least 4 members (excludes halogenated alkanes) is 1. The highest BCUT2D eigenvalue weighted by Gasteiger charge is 2.47. The summed E-state index contributed by atoms with van der Waals surface area (Å²) in [5.74, 6) is 0.750. The van der Waals surface area contributed by atoms with Crippen molar-refractivity contribution in [1.82, 2.24) is 0 Å². The van der Waals surface area contributed by atoms with E-state index in [1.54, 1.807) is 6.26 Å². The fraction of sp³-hybridized carbons (Fsp3) is 0.889. The molecule has 1 aliphatic rings. The van der Waals surface area contributed by atoms with E-state index < -0.39 is 8.56 Å². The summed E-state index contributed by atoms with van der Waals surface area (Å²) in [4.78, 5) is 0. The van der Waals surface area contributed by atoms with E-state index in [0.717, 1.165) is 12.0 Å². The van der Waals surface area contributed by atoms with Crippen molar-refractivity contribution in [3.63, 3.8) is 0 Å². The van der Waals surface area contributed by atoms with E-state index in [4.69, 9.17) is 8.85 Å². The molecule has 1 fully saturated rings. The van der Waals surface area contributed by atoms with E-state index in [-0.39, 0.29) is 0 Å². The van der Waals surface area contributed by atoms with Crippen LogP contribution in [0, 0.1) is 5.92 Å². The topological polar surface area (TPSA) is 18.5 Å². The molecule has 1 aliphatic carbocycles. The molecule has 21 heavy (non-hydrogen) atoms. The quantitative estimate of drug-likeness (QED) is 0.272. The van der Waals surface area contributed by atoms with Crippen molar-refractivity contribution in [3.8, 4) is 0 Å². The first kappa shape index (κ1) is 18.8. The van der Waals surface area contributed by atoms with Crippen LogP contribution < -0.4 is 0 Å². The van der Waals surface area contributed by atoms with Crippen molar-refractivity contribution in [3.05, 3.63) is 12.8 Å². The first-order chi connectivity index (χ1) is 10.2. The number of rotatable bonds is 10. The fourth-order valence-electron chi connectivity index (χ4n) is 3.82. The van der Waals surface area contributed by atoms with Gasteiger partial charge >= 0.3 is 8.56 Å². The van der Waals surface area contributed by atoms with E-state index in [0.29, 0.717) is 5.54 Å². The lowest BCUT2D eigenvalue weighted by atomic mass is 10.0. The maximum atomic E-state index is 6.17. The average Bonchev–Trinajstić information content (AvgIpc) is 2.80. The number of hydrogen-bond donors (Lipinski definition) is 0. The second-order valence-electron chi connectivity index (χ2n) is 6.61. The van der Waals surface area contributed by atoms with Gasteiger partial charge in [-0.05, 0) is 18.8 Å². The summed E-state index contributed by atoms with van der Waals surface area (Å²) in [6.07, 6.45) is 14.9. The monoisotopic (exact) mass is 312 g/mol. The largest absolute Gasteiger partial charge is 0.527 e. The van der Waals surface area contributed by atoms with Gasteiger partial charge in [-0.3, -0.25) is 0 Å². The summed E-state index contributed by atoms with van der Waals surface area (Å²) in [7, 11) is -0.271. The summed E-state index contributed by atoms with van der Waals surface area (Å²) < 4.78 is 12.3. The Bertz CT molecular complexity index is 274.